The number of aliphatic imine (C=N–C) groups is 1. The lowest BCUT2D eigenvalue weighted by Gasteiger charge is -2.41. The average Bonchev–Trinajstić information content (AvgIpc) is 2.60. The molecule has 3 rings (SSSR count). The highest BCUT2D eigenvalue weighted by Crippen LogP contribution is 2.37. The van der Waals surface area contributed by atoms with Gasteiger partial charge in [0.1, 0.15) is 5.54 Å². The molecule has 0 aromatic heterocycles. The number of nitrogens with two attached hydrogens (primary N) is 1. The molecule has 4 nitrogen and oxygen atoms in total. The Morgan fingerprint density at radius 3 is 3.00 bits per heavy atom. The first-order valence-electron chi connectivity index (χ1n) is 5.44. The van der Waals surface area contributed by atoms with Crippen LogP contribution < -0.4 is 5.73 Å². The molecule has 1 unspecified atom stereocenters. The van der Waals surface area contributed by atoms with E-state index in [1.807, 2.05) is 18.0 Å². The second kappa shape index (κ2) is 3.22. The SMILES string of the molecule is CN1C(N)=NCC12COCc1ccccc12. The van der Waals surface area contributed by atoms with Crippen molar-refractivity contribution in [2.45, 2.75) is 12.1 Å². The molecule has 0 amide bonds. The van der Waals surface area contributed by atoms with E-state index < -0.39 is 0 Å². The molecule has 1 aromatic rings. The molecule has 0 aliphatic carbocycles. The predicted octanol–water partition coefficient (Wildman–Crippen LogP) is 0.672. The van der Waals surface area contributed by atoms with Crippen molar-refractivity contribution in [3.05, 3.63) is 35.4 Å². The first-order valence-corrected chi connectivity index (χ1v) is 5.44. The summed E-state index contributed by atoms with van der Waals surface area (Å²) in [5.74, 6) is 0.598. The van der Waals surface area contributed by atoms with Gasteiger partial charge in [0.15, 0.2) is 5.96 Å². The largest absolute Gasteiger partial charge is 0.374 e. The van der Waals surface area contributed by atoms with Crippen LogP contribution in [0.2, 0.25) is 0 Å². The fraction of sp³-hybridized carbons (Fsp3) is 0.417. The van der Waals surface area contributed by atoms with E-state index in [1.54, 1.807) is 0 Å². The lowest BCUT2D eigenvalue weighted by molar-refractivity contribution is 0.0138. The van der Waals surface area contributed by atoms with Crippen LogP contribution in [0.5, 0.6) is 0 Å². The van der Waals surface area contributed by atoms with Crippen molar-refractivity contribution < 1.29 is 4.74 Å². The van der Waals surface area contributed by atoms with E-state index in [-0.39, 0.29) is 5.54 Å². The topological polar surface area (TPSA) is 50.8 Å². The second-order valence-corrected chi connectivity index (χ2v) is 4.41. The number of ether oxygens (including phenoxy) is 1. The van der Waals surface area contributed by atoms with Gasteiger partial charge in [-0.05, 0) is 11.1 Å². The zero-order chi connectivity index (χ0) is 11.2. The van der Waals surface area contributed by atoms with Crippen LogP contribution in [0.4, 0.5) is 0 Å². The van der Waals surface area contributed by atoms with Gasteiger partial charge in [-0.25, -0.2) is 0 Å². The quantitative estimate of drug-likeness (QED) is 0.695. The van der Waals surface area contributed by atoms with Gasteiger partial charge >= 0.3 is 0 Å². The van der Waals surface area contributed by atoms with Gasteiger partial charge in [-0.1, -0.05) is 24.3 Å². The van der Waals surface area contributed by atoms with Crippen LogP contribution >= 0.6 is 0 Å². The number of nitrogens with zero attached hydrogens (tertiary/aromatic N) is 2. The Hall–Kier alpha value is -1.55. The Bertz CT molecular complexity index is 457. The minimum absolute atomic E-state index is 0.182. The number of hydrogen-bond donors (Lipinski definition) is 1. The van der Waals surface area contributed by atoms with Crippen LogP contribution in [0.1, 0.15) is 11.1 Å². The van der Waals surface area contributed by atoms with Crippen molar-refractivity contribution in [2.24, 2.45) is 10.7 Å². The van der Waals surface area contributed by atoms with Crippen molar-refractivity contribution >= 4 is 5.96 Å². The smallest absolute Gasteiger partial charge is 0.191 e. The molecule has 0 fully saturated rings. The second-order valence-electron chi connectivity index (χ2n) is 4.41. The van der Waals surface area contributed by atoms with E-state index in [0.717, 1.165) is 0 Å². The third-order valence-corrected chi connectivity index (χ3v) is 3.61. The lowest BCUT2D eigenvalue weighted by Crippen LogP contribution is -2.52. The van der Waals surface area contributed by atoms with Crippen molar-refractivity contribution in [1.29, 1.82) is 0 Å². The molecule has 2 aliphatic rings. The standard InChI is InChI=1S/C12H15N3O/c1-15-11(13)14-7-12(15)8-16-6-9-4-2-3-5-10(9)12/h2-5H,6-8H2,1H3,(H2,13,14). The van der Waals surface area contributed by atoms with Gasteiger partial charge in [0, 0.05) is 7.05 Å². The molecule has 2 aliphatic heterocycles. The minimum Gasteiger partial charge on any atom is -0.374 e. The molecule has 4 heteroatoms. The molecule has 0 saturated heterocycles. The Kier molecular flexibility index (Phi) is 1.94. The highest BCUT2D eigenvalue weighted by molar-refractivity contribution is 5.81. The molecule has 2 heterocycles. The highest BCUT2D eigenvalue weighted by atomic mass is 16.5. The molecule has 16 heavy (non-hydrogen) atoms. The number of fused-ring (bicyclic) bond motifs is 2. The minimum atomic E-state index is -0.182. The third-order valence-electron chi connectivity index (χ3n) is 3.61. The molecule has 84 valence electrons. The van der Waals surface area contributed by atoms with Gasteiger partial charge in [-0.2, -0.15) is 0 Å². The van der Waals surface area contributed by atoms with Crippen molar-refractivity contribution in [3.8, 4) is 0 Å². The number of benzene rings is 1. The van der Waals surface area contributed by atoms with Gasteiger partial charge in [0.05, 0.1) is 19.8 Å². The molecule has 1 aromatic carbocycles. The normalized spacial score (nSPS) is 28.1. The van der Waals surface area contributed by atoms with Crippen molar-refractivity contribution in [1.82, 2.24) is 4.90 Å². The summed E-state index contributed by atoms with van der Waals surface area (Å²) in [6.45, 7) is 2.03. The molecular weight excluding hydrogens is 202 g/mol. The maximum absolute atomic E-state index is 5.86. The maximum atomic E-state index is 5.86. The Morgan fingerprint density at radius 1 is 1.44 bits per heavy atom. The number of guanidine groups is 1. The molecule has 1 spiro atoms. The first kappa shape index (κ1) is 9.66. The fourth-order valence-electron chi connectivity index (χ4n) is 2.56. The van der Waals surface area contributed by atoms with E-state index in [2.05, 4.69) is 23.2 Å². The monoisotopic (exact) mass is 217 g/mol. The molecule has 0 radical (unpaired) electrons. The van der Waals surface area contributed by atoms with E-state index in [0.29, 0.717) is 25.7 Å². The maximum Gasteiger partial charge on any atom is 0.191 e. The van der Waals surface area contributed by atoms with Crippen LogP contribution in [0.15, 0.2) is 29.3 Å². The molecular formula is C12H15N3O. The summed E-state index contributed by atoms with van der Waals surface area (Å²) in [5, 5.41) is 0. The average molecular weight is 217 g/mol. The predicted molar refractivity (Wildman–Crippen MR) is 62.0 cm³/mol. The van der Waals surface area contributed by atoms with Crippen molar-refractivity contribution in [3.63, 3.8) is 0 Å². The summed E-state index contributed by atoms with van der Waals surface area (Å²) in [4.78, 5) is 6.37. The third kappa shape index (κ3) is 1.10. The molecule has 0 saturated carbocycles. The molecule has 2 N–H and O–H groups in total. The number of rotatable bonds is 0. The van der Waals surface area contributed by atoms with E-state index in [1.165, 1.54) is 11.1 Å². The van der Waals surface area contributed by atoms with Gasteiger partial charge in [0.2, 0.25) is 0 Å². The fourth-order valence-corrected chi connectivity index (χ4v) is 2.56. The van der Waals surface area contributed by atoms with Gasteiger partial charge in [0.25, 0.3) is 0 Å². The number of likely N-dealkylation sites (N-methyl/N-ethyl adjacent to an activating group) is 1. The summed E-state index contributed by atoms with van der Waals surface area (Å²) in [6.07, 6.45) is 0. The zero-order valence-corrected chi connectivity index (χ0v) is 9.31. The zero-order valence-electron chi connectivity index (χ0n) is 9.31. The summed E-state index contributed by atoms with van der Waals surface area (Å²) < 4.78 is 5.68. The number of hydrogen-bond acceptors (Lipinski definition) is 4. The Labute approximate surface area is 94.7 Å². The van der Waals surface area contributed by atoms with Crippen LogP contribution in [-0.4, -0.2) is 31.1 Å². The van der Waals surface area contributed by atoms with E-state index >= 15 is 0 Å². The highest BCUT2D eigenvalue weighted by Gasteiger charge is 2.45. The van der Waals surface area contributed by atoms with E-state index in [4.69, 9.17) is 10.5 Å². The molecule has 0 bridgehead atoms. The summed E-state index contributed by atoms with van der Waals surface area (Å²) in [6, 6.07) is 8.37. The summed E-state index contributed by atoms with van der Waals surface area (Å²) >= 11 is 0. The van der Waals surface area contributed by atoms with E-state index in [9.17, 15) is 0 Å². The van der Waals surface area contributed by atoms with Gasteiger partial charge < -0.3 is 15.4 Å². The Morgan fingerprint density at radius 2 is 2.25 bits per heavy atom. The lowest BCUT2D eigenvalue weighted by atomic mass is 9.85. The first-order chi connectivity index (χ1) is 7.74. The Balaban J connectivity index is 2.12. The van der Waals surface area contributed by atoms with Crippen LogP contribution in [0.25, 0.3) is 0 Å². The summed E-state index contributed by atoms with van der Waals surface area (Å²) in [7, 11) is 1.98. The molecule has 1 atom stereocenters. The van der Waals surface area contributed by atoms with Crippen LogP contribution in [-0.2, 0) is 16.9 Å². The van der Waals surface area contributed by atoms with Gasteiger partial charge in [-0.15, -0.1) is 0 Å². The summed E-state index contributed by atoms with van der Waals surface area (Å²) in [5.41, 5.74) is 8.22. The van der Waals surface area contributed by atoms with Gasteiger partial charge in [-0.3, -0.25) is 4.99 Å². The van der Waals surface area contributed by atoms with Crippen LogP contribution in [0.3, 0.4) is 0 Å². The van der Waals surface area contributed by atoms with Crippen LogP contribution in [0, 0.1) is 0 Å². The van der Waals surface area contributed by atoms with Crippen molar-refractivity contribution in [2.75, 3.05) is 20.2 Å².